The summed E-state index contributed by atoms with van der Waals surface area (Å²) in [6.45, 7) is 2.32. The summed E-state index contributed by atoms with van der Waals surface area (Å²) in [5, 5.41) is 7.96. The first kappa shape index (κ1) is 21.6. The number of nitrogens with zero attached hydrogens (tertiary/aromatic N) is 3. The molecule has 1 aromatic rings. The maximum absolute atomic E-state index is 14.7. The summed E-state index contributed by atoms with van der Waals surface area (Å²) in [6, 6.07) is 2.12. The number of carbonyl (C=O) groups excluding carboxylic acids is 1. The fraction of sp³-hybridized carbons (Fsp3) is 0.500. The van der Waals surface area contributed by atoms with Crippen molar-refractivity contribution in [2.45, 2.75) is 13.0 Å². The number of nitrogens with one attached hydrogen (secondary N) is 1. The Kier molecular flexibility index (Phi) is 6.22. The Hall–Kier alpha value is -2.09. The van der Waals surface area contributed by atoms with Gasteiger partial charge in [-0.1, -0.05) is 12.2 Å². The van der Waals surface area contributed by atoms with E-state index in [0.717, 1.165) is 21.3 Å². The van der Waals surface area contributed by atoms with Crippen LogP contribution in [0.15, 0.2) is 12.1 Å². The van der Waals surface area contributed by atoms with Gasteiger partial charge in [0.05, 0.1) is 23.8 Å². The largest absolute Gasteiger partial charge is 0.442 e. The van der Waals surface area contributed by atoms with Crippen LogP contribution in [0, 0.1) is 11.6 Å². The van der Waals surface area contributed by atoms with Crippen molar-refractivity contribution in [3.8, 4) is 0 Å². The molecule has 0 radical (unpaired) electrons. The molecular weight excluding hydrogens is 428 g/mol. The average molecular weight is 450 g/mol. The summed E-state index contributed by atoms with van der Waals surface area (Å²) in [4.78, 5) is 15.2. The van der Waals surface area contributed by atoms with Gasteiger partial charge in [-0.2, -0.15) is 12.7 Å². The van der Waals surface area contributed by atoms with Crippen molar-refractivity contribution in [3.63, 3.8) is 0 Å². The number of amides is 1. The zero-order valence-corrected chi connectivity index (χ0v) is 17.2. The molecule has 13 heteroatoms. The van der Waals surface area contributed by atoms with Crippen LogP contribution in [0.1, 0.15) is 6.92 Å². The van der Waals surface area contributed by atoms with E-state index in [1.54, 1.807) is 6.92 Å². The summed E-state index contributed by atoms with van der Waals surface area (Å²) in [6.07, 6.45) is -1.20. The standard InChI is InChI=1S/C16H21F2N5O4S2/c1-10(28)20-8-12-9-23(16(24)27-12)11-6-13(17)15(14(18)7-11)21-2-4-22(5-3-21)29(19,25)26/h6-7,12H,2-5,8-9H2,1H3,(H,20,28)(H2,19,25,26). The SMILES string of the molecule is CC(=S)NCC1CN(c2cc(F)c(N3CCN(S(N)(=O)=O)CC3)c(F)c2)C(=O)O1. The van der Waals surface area contributed by atoms with Crippen LogP contribution in [0.3, 0.4) is 0 Å². The molecule has 1 amide bonds. The minimum absolute atomic E-state index is 0.0197. The van der Waals surface area contributed by atoms with Crippen molar-refractivity contribution >= 4 is 44.9 Å². The lowest BCUT2D eigenvalue weighted by atomic mass is 10.2. The summed E-state index contributed by atoms with van der Waals surface area (Å²) < 4.78 is 58.4. The van der Waals surface area contributed by atoms with Gasteiger partial charge in [0, 0.05) is 38.3 Å². The van der Waals surface area contributed by atoms with Crippen molar-refractivity contribution in [3.05, 3.63) is 23.8 Å². The molecule has 9 nitrogen and oxygen atoms in total. The minimum atomic E-state index is -3.84. The van der Waals surface area contributed by atoms with Gasteiger partial charge < -0.3 is 15.0 Å². The van der Waals surface area contributed by atoms with E-state index in [4.69, 9.17) is 22.1 Å². The van der Waals surface area contributed by atoms with Crippen LogP contribution < -0.4 is 20.3 Å². The number of nitrogens with two attached hydrogens (primary N) is 1. The van der Waals surface area contributed by atoms with Crippen LogP contribution in [-0.4, -0.2) is 69.2 Å². The molecule has 0 saturated carbocycles. The molecule has 2 fully saturated rings. The molecule has 3 rings (SSSR count). The van der Waals surface area contributed by atoms with Crippen LogP contribution >= 0.6 is 12.2 Å². The highest BCUT2D eigenvalue weighted by Crippen LogP contribution is 2.31. The predicted molar refractivity (Wildman–Crippen MR) is 107 cm³/mol. The van der Waals surface area contributed by atoms with Crippen LogP contribution in [0.4, 0.5) is 25.0 Å². The van der Waals surface area contributed by atoms with Crippen molar-refractivity contribution in [2.24, 2.45) is 5.14 Å². The second-order valence-electron chi connectivity index (χ2n) is 6.74. The van der Waals surface area contributed by atoms with Gasteiger partial charge in [-0.3, -0.25) is 4.90 Å². The lowest BCUT2D eigenvalue weighted by molar-refractivity contribution is 0.143. The van der Waals surface area contributed by atoms with Gasteiger partial charge in [0.15, 0.2) is 11.6 Å². The molecule has 0 aromatic heterocycles. The van der Waals surface area contributed by atoms with Crippen LogP contribution in [0.5, 0.6) is 0 Å². The van der Waals surface area contributed by atoms with Crippen molar-refractivity contribution in [1.82, 2.24) is 9.62 Å². The summed E-state index contributed by atoms with van der Waals surface area (Å²) in [7, 11) is -3.84. The number of anilines is 2. The zero-order chi connectivity index (χ0) is 21.3. The number of halogens is 2. The van der Waals surface area contributed by atoms with Crippen LogP contribution in [0.2, 0.25) is 0 Å². The second kappa shape index (κ2) is 8.34. The van der Waals surface area contributed by atoms with Gasteiger partial charge in [0.25, 0.3) is 10.2 Å². The maximum Gasteiger partial charge on any atom is 0.414 e. The van der Waals surface area contributed by atoms with E-state index < -0.39 is 34.0 Å². The third-order valence-electron chi connectivity index (χ3n) is 4.68. The summed E-state index contributed by atoms with van der Waals surface area (Å²) >= 11 is 4.91. The van der Waals surface area contributed by atoms with E-state index in [9.17, 15) is 22.0 Å². The first-order valence-electron chi connectivity index (χ1n) is 8.80. The Morgan fingerprint density at radius 3 is 2.38 bits per heavy atom. The van der Waals surface area contributed by atoms with E-state index in [-0.39, 0.29) is 44.1 Å². The Balaban J connectivity index is 1.73. The average Bonchev–Trinajstić information content (AvgIpc) is 3.00. The lowest BCUT2D eigenvalue weighted by Crippen LogP contribution is -2.51. The van der Waals surface area contributed by atoms with Crippen molar-refractivity contribution < 1.29 is 26.7 Å². The van der Waals surface area contributed by atoms with E-state index in [1.807, 2.05) is 0 Å². The number of piperazine rings is 1. The van der Waals surface area contributed by atoms with Gasteiger partial charge in [-0.25, -0.2) is 18.7 Å². The first-order chi connectivity index (χ1) is 13.6. The lowest BCUT2D eigenvalue weighted by Gasteiger charge is -2.34. The molecule has 0 bridgehead atoms. The number of hydrogen-bond donors (Lipinski definition) is 2. The molecule has 2 saturated heterocycles. The van der Waals surface area contributed by atoms with Crippen LogP contribution in [0.25, 0.3) is 0 Å². The van der Waals surface area contributed by atoms with Gasteiger partial charge >= 0.3 is 6.09 Å². The van der Waals surface area contributed by atoms with E-state index in [0.29, 0.717) is 11.5 Å². The number of hydrogen-bond acceptors (Lipinski definition) is 6. The molecule has 3 N–H and O–H groups in total. The van der Waals surface area contributed by atoms with Gasteiger partial charge in [0.2, 0.25) is 0 Å². The third-order valence-corrected chi connectivity index (χ3v) is 5.91. The molecule has 1 atom stereocenters. The number of rotatable bonds is 5. The molecule has 0 spiro atoms. The zero-order valence-electron chi connectivity index (χ0n) is 15.6. The molecule has 2 aliphatic rings. The summed E-state index contributed by atoms with van der Waals surface area (Å²) in [5.74, 6) is -1.71. The number of benzene rings is 1. The second-order valence-corrected chi connectivity index (χ2v) is 8.90. The van der Waals surface area contributed by atoms with E-state index in [2.05, 4.69) is 5.32 Å². The van der Waals surface area contributed by atoms with Gasteiger partial charge in [-0.15, -0.1) is 0 Å². The van der Waals surface area contributed by atoms with Crippen LogP contribution in [-0.2, 0) is 14.9 Å². The van der Waals surface area contributed by atoms with Gasteiger partial charge in [0.1, 0.15) is 11.8 Å². The predicted octanol–water partition coefficient (Wildman–Crippen LogP) is 0.552. The first-order valence-corrected chi connectivity index (χ1v) is 10.7. The molecule has 29 heavy (non-hydrogen) atoms. The normalized spacial score (nSPS) is 20.7. The van der Waals surface area contributed by atoms with Crippen molar-refractivity contribution in [2.75, 3.05) is 49.1 Å². The number of carbonyl (C=O) groups is 1. The Bertz CT molecular complexity index is 899. The topological polar surface area (TPSA) is 108 Å². The Morgan fingerprint density at radius 2 is 1.86 bits per heavy atom. The highest BCUT2D eigenvalue weighted by atomic mass is 32.2. The minimum Gasteiger partial charge on any atom is -0.442 e. The number of thiocarbonyl (C=S) groups is 1. The quantitative estimate of drug-likeness (QED) is 0.632. The molecule has 1 unspecified atom stereocenters. The molecule has 2 heterocycles. The fourth-order valence-corrected chi connectivity index (χ4v) is 4.03. The Morgan fingerprint density at radius 1 is 1.28 bits per heavy atom. The molecule has 0 aliphatic carbocycles. The third kappa shape index (κ3) is 4.91. The Labute approximate surface area is 172 Å². The summed E-state index contributed by atoms with van der Waals surface area (Å²) in [5.41, 5.74) is -0.233. The highest BCUT2D eigenvalue weighted by Gasteiger charge is 2.34. The molecular formula is C16H21F2N5O4S2. The molecule has 160 valence electrons. The highest BCUT2D eigenvalue weighted by molar-refractivity contribution is 7.86. The fourth-order valence-electron chi connectivity index (χ4n) is 3.27. The monoisotopic (exact) mass is 449 g/mol. The smallest absolute Gasteiger partial charge is 0.414 e. The van der Waals surface area contributed by atoms with E-state index >= 15 is 0 Å². The molecule has 1 aromatic carbocycles. The van der Waals surface area contributed by atoms with Crippen molar-refractivity contribution in [1.29, 1.82) is 0 Å². The van der Waals surface area contributed by atoms with Gasteiger partial charge in [-0.05, 0) is 6.92 Å². The molecule has 2 aliphatic heterocycles. The number of cyclic esters (lactones) is 1. The van der Waals surface area contributed by atoms with E-state index in [1.165, 1.54) is 4.90 Å². The maximum atomic E-state index is 14.7. The number of ether oxygens (including phenoxy) is 1.